The molecule has 0 heterocycles. The van der Waals surface area contributed by atoms with E-state index in [2.05, 4.69) is 13.0 Å². The van der Waals surface area contributed by atoms with Gasteiger partial charge in [-0.05, 0) is 73.8 Å². The van der Waals surface area contributed by atoms with Gasteiger partial charge in [0.05, 0.1) is 6.10 Å². The van der Waals surface area contributed by atoms with E-state index in [0.29, 0.717) is 17.8 Å². The third-order valence-corrected chi connectivity index (χ3v) is 6.89. The van der Waals surface area contributed by atoms with E-state index in [4.69, 9.17) is 0 Å². The maximum absolute atomic E-state index is 11.6. The van der Waals surface area contributed by atoms with E-state index < -0.39 is 0 Å². The smallest absolute Gasteiger partial charge is 0.178 e. The lowest BCUT2D eigenvalue weighted by atomic mass is 9.53. The third-order valence-electron chi connectivity index (χ3n) is 6.89. The Bertz CT molecular complexity index is 504. The van der Waals surface area contributed by atoms with Gasteiger partial charge >= 0.3 is 0 Å². The van der Waals surface area contributed by atoms with Crippen LogP contribution in [0, 0.1) is 29.1 Å². The van der Waals surface area contributed by atoms with Gasteiger partial charge < -0.3 is 5.11 Å². The second-order valence-corrected chi connectivity index (χ2v) is 7.62. The normalized spacial score (nSPS) is 50.2. The maximum atomic E-state index is 11.6. The van der Waals surface area contributed by atoms with Gasteiger partial charge in [0.2, 0.25) is 0 Å². The van der Waals surface area contributed by atoms with Crippen LogP contribution in [0.25, 0.3) is 0 Å². The number of ketones is 1. The molecule has 3 fully saturated rings. The van der Waals surface area contributed by atoms with Crippen molar-refractivity contribution in [2.75, 3.05) is 0 Å². The molecule has 0 aromatic heterocycles. The van der Waals surface area contributed by atoms with E-state index in [1.807, 2.05) is 6.08 Å². The number of aliphatic hydroxyl groups is 1. The van der Waals surface area contributed by atoms with Crippen LogP contribution in [0.5, 0.6) is 0 Å². The third kappa shape index (κ3) is 1.64. The zero-order valence-electron chi connectivity index (χ0n) is 12.2. The topological polar surface area (TPSA) is 37.3 Å². The number of carbonyl (C=O) groups excluding carboxylic acids is 1. The Labute approximate surface area is 120 Å². The Morgan fingerprint density at radius 3 is 2.90 bits per heavy atom. The highest BCUT2D eigenvalue weighted by atomic mass is 16.3. The molecule has 4 aliphatic carbocycles. The molecule has 1 N–H and O–H groups in total. The van der Waals surface area contributed by atoms with Crippen LogP contribution in [0.1, 0.15) is 45.4 Å². The highest BCUT2D eigenvalue weighted by molar-refractivity contribution is 6.00. The molecule has 0 radical (unpaired) electrons. The van der Waals surface area contributed by atoms with Gasteiger partial charge in [-0.25, -0.2) is 0 Å². The number of carbonyl (C=O) groups is 1. The Hall–Kier alpha value is -0.890. The minimum Gasteiger partial charge on any atom is -0.393 e. The quantitative estimate of drug-likeness (QED) is 0.735. The Kier molecular flexibility index (Phi) is 2.76. The van der Waals surface area contributed by atoms with Crippen molar-refractivity contribution < 1.29 is 9.90 Å². The molecule has 0 aromatic rings. The summed E-state index contributed by atoms with van der Waals surface area (Å²) >= 11 is 0. The zero-order valence-corrected chi connectivity index (χ0v) is 12.2. The number of fused-ring (bicyclic) bond motifs is 5. The molecule has 0 aromatic carbocycles. The minimum absolute atomic E-state index is 0.0890. The fourth-order valence-electron chi connectivity index (χ4n) is 5.79. The lowest BCUT2D eigenvalue weighted by Gasteiger charge is -2.52. The SMILES string of the molecule is CC12CCC3C4C=CC(=O)C=C4CCC3C1CCC2O. The van der Waals surface area contributed by atoms with E-state index in [9.17, 15) is 9.90 Å². The molecule has 0 bridgehead atoms. The first-order valence-electron chi connectivity index (χ1n) is 8.20. The van der Waals surface area contributed by atoms with Crippen molar-refractivity contribution in [3.05, 3.63) is 23.8 Å². The lowest BCUT2D eigenvalue weighted by molar-refractivity contribution is -0.110. The first-order valence-corrected chi connectivity index (χ1v) is 8.20. The van der Waals surface area contributed by atoms with Gasteiger partial charge in [0.1, 0.15) is 0 Å². The Morgan fingerprint density at radius 1 is 1.20 bits per heavy atom. The van der Waals surface area contributed by atoms with Crippen molar-refractivity contribution in [2.24, 2.45) is 29.1 Å². The molecule has 3 saturated carbocycles. The maximum Gasteiger partial charge on any atom is 0.178 e. The molecule has 0 aliphatic heterocycles. The number of hydrogen-bond donors (Lipinski definition) is 1. The fraction of sp³-hybridized carbons (Fsp3) is 0.722. The van der Waals surface area contributed by atoms with Crippen LogP contribution in [0.4, 0.5) is 0 Å². The molecular formula is C18H24O2. The van der Waals surface area contributed by atoms with E-state index in [1.165, 1.54) is 24.8 Å². The highest BCUT2D eigenvalue weighted by Gasteiger charge is 2.55. The first kappa shape index (κ1) is 12.8. The summed E-state index contributed by atoms with van der Waals surface area (Å²) in [6.45, 7) is 2.32. The van der Waals surface area contributed by atoms with Crippen molar-refractivity contribution in [1.82, 2.24) is 0 Å². The molecule has 0 amide bonds. The second-order valence-electron chi connectivity index (χ2n) is 7.62. The molecule has 2 nitrogen and oxygen atoms in total. The zero-order chi connectivity index (χ0) is 13.9. The molecule has 2 heteroatoms. The standard InChI is InChI=1S/C18H24O2/c1-18-9-8-14-13-5-3-12(19)10-11(13)2-4-15(14)16(18)6-7-17(18)20/h3,5,10,13-17,20H,2,4,6-9H2,1H3. The molecule has 108 valence electrons. The van der Waals surface area contributed by atoms with Gasteiger partial charge in [-0.3, -0.25) is 4.79 Å². The van der Waals surface area contributed by atoms with E-state index in [1.54, 1.807) is 6.08 Å². The van der Waals surface area contributed by atoms with Crippen molar-refractivity contribution >= 4 is 5.78 Å². The van der Waals surface area contributed by atoms with E-state index in [0.717, 1.165) is 25.2 Å². The molecular weight excluding hydrogens is 248 g/mol. The van der Waals surface area contributed by atoms with Crippen LogP contribution in [0.3, 0.4) is 0 Å². The summed E-state index contributed by atoms with van der Waals surface area (Å²) in [5.41, 5.74) is 1.54. The summed E-state index contributed by atoms with van der Waals surface area (Å²) in [6.07, 6.45) is 12.6. The fourth-order valence-corrected chi connectivity index (χ4v) is 5.79. The minimum atomic E-state index is -0.0890. The Balaban J connectivity index is 1.65. The van der Waals surface area contributed by atoms with Crippen molar-refractivity contribution in [3.63, 3.8) is 0 Å². The number of allylic oxidation sites excluding steroid dienone is 4. The predicted molar refractivity (Wildman–Crippen MR) is 78.0 cm³/mol. The van der Waals surface area contributed by atoms with Crippen molar-refractivity contribution in [3.8, 4) is 0 Å². The van der Waals surface area contributed by atoms with Crippen LogP contribution < -0.4 is 0 Å². The molecule has 4 rings (SSSR count). The summed E-state index contributed by atoms with van der Waals surface area (Å²) in [5.74, 6) is 2.85. The summed E-state index contributed by atoms with van der Waals surface area (Å²) in [5, 5.41) is 10.4. The molecule has 6 atom stereocenters. The van der Waals surface area contributed by atoms with Gasteiger partial charge in [0, 0.05) is 5.92 Å². The average molecular weight is 272 g/mol. The summed E-state index contributed by atoms with van der Waals surface area (Å²) in [6, 6.07) is 0. The van der Waals surface area contributed by atoms with Gasteiger partial charge in [0.15, 0.2) is 5.78 Å². The number of aliphatic hydroxyl groups excluding tert-OH is 1. The van der Waals surface area contributed by atoms with E-state index in [-0.39, 0.29) is 17.3 Å². The number of hydrogen-bond acceptors (Lipinski definition) is 2. The summed E-state index contributed by atoms with van der Waals surface area (Å²) < 4.78 is 0. The van der Waals surface area contributed by atoms with Gasteiger partial charge in [-0.1, -0.05) is 18.6 Å². The van der Waals surface area contributed by atoms with E-state index >= 15 is 0 Å². The average Bonchev–Trinajstić information content (AvgIpc) is 2.74. The number of rotatable bonds is 0. The highest BCUT2D eigenvalue weighted by Crippen LogP contribution is 2.61. The van der Waals surface area contributed by atoms with Crippen LogP contribution in [0.2, 0.25) is 0 Å². The van der Waals surface area contributed by atoms with Crippen LogP contribution in [-0.4, -0.2) is 17.0 Å². The Morgan fingerprint density at radius 2 is 2.05 bits per heavy atom. The summed E-state index contributed by atoms with van der Waals surface area (Å²) in [7, 11) is 0. The van der Waals surface area contributed by atoms with Gasteiger partial charge in [0.25, 0.3) is 0 Å². The van der Waals surface area contributed by atoms with Gasteiger partial charge in [-0.15, -0.1) is 0 Å². The molecule has 20 heavy (non-hydrogen) atoms. The molecule has 0 spiro atoms. The second kappa shape index (κ2) is 4.30. The van der Waals surface area contributed by atoms with Crippen molar-refractivity contribution in [2.45, 2.75) is 51.6 Å². The van der Waals surface area contributed by atoms with Gasteiger partial charge in [-0.2, -0.15) is 0 Å². The van der Waals surface area contributed by atoms with Crippen LogP contribution in [-0.2, 0) is 4.79 Å². The van der Waals surface area contributed by atoms with Crippen molar-refractivity contribution in [1.29, 1.82) is 0 Å². The molecule has 0 saturated heterocycles. The van der Waals surface area contributed by atoms with Crippen LogP contribution in [0.15, 0.2) is 23.8 Å². The lowest BCUT2D eigenvalue weighted by Crippen LogP contribution is -2.47. The molecule has 6 unspecified atom stereocenters. The van der Waals surface area contributed by atoms with Crippen LogP contribution >= 0.6 is 0 Å². The first-order chi connectivity index (χ1) is 9.59. The monoisotopic (exact) mass is 272 g/mol. The predicted octanol–water partition coefficient (Wildman–Crippen LogP) is 3.27. The molecule has 4 aliphatic rings. The summed E-state index contributed by atoms with van der Waals surface area (Å²) in [4.78, 5) is 11.6. The largest absolute Gasteiger partial charge is 0.393 e.